The highest BCUT2D eigenvalue weighted by atomic mass is 35.5. The number of likely N-dealkylation sites (tertiary alicyclic amines) is 1. The van der Waals surface area contributed by atoms with Gasteiger partial charge in [0.15, 0.2) is 5.69 Å². The number of aryl methyl sites for hydroxylation is 1. The van der Waals surface area contributed by atoms with Crippen LogP contribution in [0, 0.1) is 11.8 Å². The van der Waals surface area contributed by atoms with Crippen LogP contribution in [-0.4, -0.2) is 50.6 Å². The molecule has 1 spiro atoms. The Balaban J connectivity index is 0.00000140. The Kier molecular flexibility index (Phi) is 11.6. The molecule has 2 aliphatic carbocycles. The lowest BCUT2D eigenvalue weighted by atomic mass is 9.68. The summed E-state index contributed by atoms with van der Waals surface area (Å²) in [4.78, 5) is 23.6. The monoisotopic (exact) mass is 614 g/mol. The Morgan fingerprint density at radius 1 is 1.05 bits per heavy atom. The fourth-order valence-electron chi connectivity index (χ4n) is 8.09. The molecule has 3 fully saturated rings. The number of aromatic nitrogens is 1. The molecule has 1 saturated carbocycles. The number of amides is 1. The summed E-state index contributed by atoms with van der Waals surface area (Å²) in [6.45, 7) is 2.96. The molecular formula is C30H45Cl3N4OS. The summed E-state index contributed by atoms with van der Waals surface area (Å²) in [6.07, 6.45) is 12.4. The topological polar surface area (TPSA) is 55.5 Å². The van der Waals surface area contributed by atoms with Gasteiger partial charge >= 0.3 is 5.13 Å². The van der Waals surface area contributed by atoms with E-state index in [0.717, 1.165) is 45.3 Å². The van der Waals surface area contributed by atoms with E-state index in [4.69, 9.17) is 0 Å². The van der Waals surface area contributed by atoms with Gasteiger partial charge in [0.1, 0.15) is 5.92 Å². The number of hydrogen-bond donors (Lipinski definition) is 2. The van der Waals surface area contributed by atoms with Crippen LogP contribution in [0.3, 0.4) is 0 Å². The number of thiazole rings is 1. The van der Waals surface area contributed by atoms with Crippen LogP contribution in [0.2, 0.25) is 0 Å². The number of carbonyl (C=O) groups excluding carboxylic acids is 1. The number of rotatable bonds is 4. The van der Waals surface area contributed by atoms with Crippen molar-refractivity contribution in [1.82, 2.24) is 4.90 Å². The van der Waals surface area contributed by atoms with E-state index in [1.165, 1.54) is 64.7 Å². The number of hydrogen-bond acceptors (Lipinski definition) is 2. The van der Waals surface area contributed by atoms with E-state index in [2.05, 4.69) is 59.6 Å². The van der Waals surface area contributed by atoms with Gasteiger partial charge in [-0.3, -0.25) is 4.79 Å². The zero-order valence-corrected chi connectivity index (χ0v) is 26.4. The lowest BCUT2D eigenvalue weighted by Crippen LogP contribution is -3.01. The third-order valence-electron chi connectivity index (χ3n) is 9.97. The molecule has 1 amide bonds. The largest absolute Gasteiger partial charge is 1.00 e. The van der Waals surface area contributed by atoms with Crippen molar-refractivity contribution in [2.45, 2.75) is 81.6 Å². The van der Waals surface area contributed by atoms with Crippen LogP contribution in [0.4, 0.5) is 5.13 Å². The number of fused-ring (bicyclic) bond motifs is 2. The lowest BCUT2D eigenvalue weighted by Gasteiger charge is -2.46. The molecule has 6 rings (SSSR count). The number of nitrogens with two attached hydrogens (primary N) is 1. The number of H-pyrrole nitrogens is 1. The molecule has 1 aromatic carbocycles. The zero-order valence-electron chi connectivity index (χ0n) is 23.4. The first-order valence-electron chi connectivity index (χ1n) is 14.6. The van der Waals surface area contributed by atoms with Gasteiger partial charge in [0.05, 0.1) is 37.5 Å². The van der Waals surface area contributed by atoms with Gasteiger partial charge in [-0.2, -0.15) is 4.98 Å². The predicted octanol–water partition coefficient (Wildman–Crippen LogP) is -6.53. The summed E-state index contributed by atoms with van der Waals surface area (Å²) in [5.41, 5.74) is 2.91. The lowest BCUT2D eigenvalue weighted by molar-refractivity contribution is -0.823. The maximum Gasteiger partial charge on any atom is 0.426 e. The highest BCUT2D eigenvalue weighted by molar-refractivity contribution is 7.14. The fourth-order valence-corrected chi connectivity index (χ4v) is 9.48. The van der Waals surface area contributed by atoms with Crippen molar-refractivity contribution in [1.29, 1.82) is 0 Å². The van der Waals surface area contributed by atoms with Crippen molar-refractivity contribution in [2.24, 2.45) is 11.8 Å². The molecule has 0 radical (unpaired) electrons. The molecular weight excluding hydrogens is 571 g/mol. The summed E-state index contributed by atoms with van der Waals surface area (Å²) in [5, 5.41) is 3.76. The van der Waals surface area contributed by atoms with E-state index in [1.54, 1.807) is 0 Å². The first-order chi connectivity index (χ1) is 17.6. The molecule has 0 unspecified atom stereocenters. The van der Waals surface area contributed by atoms with Crippen molar-refractivity contribution in [3.8, 4) is 0 Å². The molecule has 4 atom stereocenters. The Labute approximate surface area is 257 Å². The number of aromatic amines is 1. The molecule has 3 heterocycles. The Bertz CT molecular complexity index is 1080. The second-order valence-electron chi connectivity index (χ2n) is 12.3. The molecule has 2 aromatic rings. The minimum Gasteiger partial charge on any atom is -1.00 e. The normalized spacial score (nSPS) is 28.8. The van der Waals surface area contributed by atoms with E-state index in [9.17, 15) is 4.79 Å². The smallest absolute Gasteiger partial charge is 0.426 e. The van der Waals surface area contributed by atoms with E-state index < -0.39 is 0 Å². The summed E-state index contributed by atoms with van der Waals surface area (Å²) in [7, 11) is 4.41. The average Bonchev–Trinajstić information content (AvgIpc) is 3.55. The number of quaternary nitrogens is 2. The third-order valence-corrected chi connectivity index (χ3v) is 11.5. The van der Waals surface area contributed by atoms with Gasteiger partial charge in [-0.1, -0.05) is 49.6 Å². The molecule has 1 aromatic heterocycles. The first kappa shape index (κ1) is 32.6. The molecule has 5 nitrogen and oxygen atoms in total. The number of carbonyl (C=O) groups is 1. The number of halogens is 3. The fraction of sp³-hybridized carbons (Fsp3) is 0.667. The zero-order chi connectivity index (χ0) is 24.7. The van der Waals surface area contributed by atoms with E-state index in [1.807, 2.05) is 11.3 Å². The Morgan fingerprint density at radius 2 is 1.79 bits per heavy atom. The van der Waals surface area contributed by atoms with Crippen molar-refractivity contribution in [3.05, 3.63) is 46.5 Å². The van der Waals surface area contributed by atoms with Crippen molar-refractivity contribution >= 4 is 22.4 Å². The molecule has 2 aliphatic heterocycles. The van der Waals surface area contributed by atoms with E-state index in [-0.39, 0.29) is 48.6 Å². The van der Waals surface area contributed by atoms with Crippen LogP contribution in [-0.2, 0) is 16.6 Å². The second kappa shape index (κ2) is 13.8. The quantitative estimate of drug-likeness (QED) is 0.353. The predicted molar refractivity (Wildman–Crippen MR) is 144 cm³/mol. The molecule has 39 heavy (non-hydrogen) atoms. The molecule has 9 heteroatoms. The van der Waals surface area contributed by atoms with Gasteiger partial charge in [-0.15, -0.1) is 0 Å². The van der Waals surface area contributed by atoms with Crippen LogP contribution in [0.25, 0.3) is 0 Å². The van der Waals surface area contributed by atoms with E-state index in [0.29, 0.717) is 23.8 Å². The van der Waals surface area contributed by atoms with Crippen molar-refractivity contribution in [2.75, 3.05) is 33.7 Å². The minimum atomic E-state index is 0. The van der Waals surface area contributed by atoms with Gasteiger partial charge in [0.2, 0.25) is 5.91 Å². The van der Waals surface area contributed by atoms with Crippen LogP contribution in [0.1, 0.15) is 79.8 Å². The third kappa shape index (κ3) is 6.17. The van der Waals surface area contributed by atoms with Gasteiger partial charge < -0.3 is 47.4 Å². The van der Waals surface area contributed by atoms with Crippen LogP contribution < -0.4 is 52.4 Å². The van der Waals surface area contributed by atoms with Gasteiger partial charge in [0, 0.05) is 19.0 Å². The Hall–Kier alpha value is -0.890. The molecule has 2 saturated heterocycles. The average molecular weight is 616 g/mol. The SMILES string of the molecule is C[NH+](C)c1[nH+]c2c(s1)[C@]1(CCC2)C[NH2+]C[C@H]1C(=O)N1CC[C@@H](c2ccccc2)C[C@H]1C1CCCCC1.[Cl-].[Cl-].[Cl-]. The molecule has 4 aliphatic rings. The summed E-state index contributed by atoms with van der Waals surface area (Å²) in [5.74, 6) is 1.86. The number of nitrogens with zero attached hydrogens (tertiary/aromatic N) is 1. The molecule has 0 bridgehead atoms. The minimum absolute atomic E-state index is 0. The van der Waals surface area contributed by atoms with Crippen molar-refractivity contribution in [3.63, 3.8) is 0 Å². The molecule has 4 N–H and O–H groups in total. The maximum absolute atomic E-state index is 14.6. The van der Waals surface area contributed by atoms with Gasteiger partial charge in [0.25, 0.3) is 0 Å². The number of piperidine rings is 1. The highest BCUT2D eigenvalue weighted by Gasteiger charge is 2.58. The van der Waals surface area contributed by atoms with E-state index >= 15 is 0 Å². The summed E-state index contributed by atoms with van der Waals surface area (Å²) in [6, 6.07) is 11.5. The van der Waals surface area contributed by atoms with Gasteiger partial charge in [-0.25, -0.2) is 4.90 Å². The Morgan fingerprint density at radius 3 is 2.51 bits per heavy atom. The first-order valence-corrected chi connectivity index (χ1v) is 15.4. The second-order valence-corrected chi connectivity index (χ2v) is 13.3. The summed E-state index contributed by atoms with van der Waals surface area (Å²) < 4.78 is 0. The van der Waals surface area contributed by atoms with Gasteiger partial charge in [-0.05, 0) is 67.3 Å². The van der Waals surface area contributed by atoms with Crippen LogP contribution in [0.5, 0.6) is 0 Å². The number of benzene rings is 1. The highest BCUT2D eigenvalue weighted by Crippen LogP contribution is 2.47. The summed E-state index contributed by atoms with van der Waals surface area (Å²) >= 11 is 1.95. The van der Waals surface area contributed by atoms with Crippen LogP contribution >= 0.6 is 11.3 Å². The number of nitrogens with one attached hydrogen (secondary N) is 2. The van der Waals surface area contributed by atoms with Crippen LogP contribution in [0.15, 0.2) is 30.3 Å². The standard InChI is InChI=1S/C30H42N4OS.3ClH/c1-33(2)29-32-25-14-9-16-30(27(25)36-29)20-31-19-24(30)28(35)34-17-15-23(21-10-5-3-6-11-21)18-26(34)22-12-7-4-8-13-22;;;/h3,5-6,10-11,22-24,26,31H,4,7-9,12-20H2,1-2H3;3*1H/t23-,24+,26+,30-;;;/m1.../s1. The van der Waals surface area contributed by atoms with Crippen molar-refractivity contribution < 1.29 is 57.2 Å². The molecule has 218 valence electrons. The maximum atomic E-state index is 14.6.